The van der Waals surface area contributed by atoms with Gasteiger partial charge in [0, 0.05) is 37.3 Å². The molecule has 0 fully saturated rings. The van der Waals surface area contributed by atoms with Gasteiger partial charge in [-0.1, -0.05) is 6.07 Å². The van der Waals surface area contributed by atoms with Crippen molar-refractivity contribution < 1.29 is 14.8 Å². The molecule has 1 heterocycles. The maximum atomic E-state index is 12.3. The number of carbonyl (C=O) groups excluding carboxylic acids is 1. The number of likely N-dealkylation sites (N-methyl/N-ethyl adjacent to an activating group) is 1. The number of hydrogen-bond donors (Lipinski definition) is 2. The van der Waals surface area contributed by atoms with Gasteiger partial charge in [0.1, 0.15) is 0 Å². The van der Waals surface area contributed by atoms with Crippen LogP contribution in [0.2, 0.25) is 0 Å². The molecule has 1 aromatic carbocycles. The summed E-state index contributed by atoms with van der Waals surface area (Å²) in [4.78, 5) is 24.1. The molecule has 2 N–H and O–H groups in total. The van der Waals surface area contributed by atoms with Crippen molar-refractivity contribution in [1.82, 2.24) is 10.2 Å². The number of non-ortho nitro benzene ring substituents is 1. The van der Waals surface area contributed by atoms with Crippen LogP contribution in [-0.4, -0.2) is 53.6 Å². The monoisotopic (exact) mass is 279 g/mol. The summed E-state index contributed by atoms with van der Waals surface area (Å²) in [5.41, 5.74) is 1.09. The summed E-state index contributed by atoms with van der Waals surface area (Å²) < 4.78 is 0. The van der Waals surface area contributed by atoms with Crippen molar-refractivity contribution in [2.24, 2.45) is 0 Å². The molecule has 0 bridgehead atoms. The lowest BCUT2D eigenvalue weighted by Crippen LogP contribution is -2.44. The number of aliphatic hydroxyl groups excluding tert-OH is 1. The molecule has 7 nitrogen and oxygen atoms in total. The van der Waals surface area contributed by atoms with E-state index in [0.29, 0.717) is 25.1 Å². The lowest BCUT2D eigenvalue weighted by Gasteiger charge is -2.30. The molecule has 108 valence electrons. The second-order valence-corrected chi connectivity index (χ2v) is 4.81. The Bertz CT molecular complexity index is 532. The van der Waals surface area contributed by atoms with Crippen molar-refractivity contribution in [1.29, 1.82) is 0 Å². The van der Waals surface area contributed by atoms with Gasteiger partial charge in [0.2, 0.25) is 0 Å². The van der Waals surface area contributed by atoms with Gasteiger partial charge in [-0.05, 0) is 19.0 Å². The maximum Gasteiger partial charge on any atom is 0.270 e. The molecule has 1 aromatic rings. The quantitative estimate of drug-likeness (QED) is 0.592. The number of nitro groups is 1. The van der Waals surface area contributed by atoms with Gasteiger partial charge in [-0.25, -0.2) is 0 Å². The summed E-state index contributed by atoms with van der Waals surface area (Å²) in [6, 6.07) is 4.36. The Morgan fingerprint density at radius 3 is 2.95 bits per heavy atom. The van der Waals surface area contributed by atoms with Crippen LogP contribution in [-0.2, 0) is 6.42 Å². The molecule has 0 saturated carbocycles. The van der Waals surface area contributed by atoms with Gasteiger partial charge in [-0.15, -0.1) is 0 Å². The highest BCUT2D eigenvalue weighted by molar-refractivity contribution is 5.97. The van der Waals surface area contributed by atoms with Crippen LogP contribution >= 0.6 is 0 Å². The number of fused-ring (bicyclic) bond motifs is 1. The molecule has 2 rings (SSSR count). The van der Waals surface area contributed by atoms with Gasteiger partial charge in [-0.3, -0.25) is 14.9 Å². The summed E-state index contributed by atoms with van der Waals surface area (Å²) in [6.07, 6.45) is -0.00470. The van der Waals surface area contributed by atoms with E-state index in [0.717, 1.165) is 5.56 Å². The van der Waals surface area contributed by atoms with E-state index in [9.17, 15) is 20.0 Å². The number of benzene rings is 1. The fraction of sp³-hybridized carbons (Fsp3) is 0.462. The smallest absolute Gasteiger partial charge is 0.270 e. The highest BCUT2D eigenvalue weighted by atomic mass is 16.6. The van der Waals surface area contributed by atoms with Gasteiger partial charge < -0.3 is 15.3 Å². The number of β-amino-alcohol motifs (C(OH)–C–C–N with tert-alkyl or cyclic N) is 1. The molecule has 1 unspecified atom stereocenters. The Morgan fingerprint density at radius 2 is 2.30 bits per heavy atom. The first-order valence-electron chi connectivity index (χ1n) is 6.42. The molecule has 0 aromatic heterocycles. The third kappa shape index (κ3) is 2.94. The lowest BCUT2D eigenvalue weighted by molar-refractivity contribution is -0.384. The van der Waals surface area contributed by atoms with Gasteiger partial charge >= 0.3 is 0 Å². The first kappa shape index (κ1) is 14.4. The first-order chi connectivity index (χ1) is 9.52. The number of nitrogens with zero attached hydrogens (tertiary/aromatic N) is 2. The van der Waals surface area contributed by atoms with Crippen molar-refractivity contribution in [2.45, 2.75) is 12.5 Å². The van der Waals surface area contributed by atoms with Crippen LogP contribution in [0.5, 0.6) is 0 Å². The van der Waals surface area contributed by atoms with E-state index in [1.54, 1.807) is 13.1 Å². The highest BCUT2D eigenvalue weighted by Gasteiger charge is 2.27. The standard InChI is InChI=1S/C13H17N3O4/c1-14-7-11(17)8-15-5-4-9-2-3-10(16(19)20)6-12(9)13(15)18/h2-3,6,11,14,17H,4-5,7-8H2,1H3. The molecule has 1 amide bonds. The van der Waals surface area contributed by atoms with Gasteiger partial charge in [0.05, 0.1) is 11.0 Å². The Labute approximate surface area is 116 Å². The minimum Gasteiger partial charge on any atom is -0.390 e. The molecule has 0 saturated heterocycles. The largest absolute Gasteiger partial charge is 0.390 e. The number of hydrogen-bond acceptors (Lipinski definition) is 5. The van der Waals surface area contributed by atoms with Crippen molar-refractivity contribution in [2.75, 3.05) is 26.7 Å². The molecule has 1 aliphatic rings. The topological polar surface area (TPSA) is 95.7 Å². The van der Waals surface area contributed by atoms with Crippen LogP contribution in [0.25, 0.3) is 0 Å². The number of amides is 1. The van der Waals surface area contributed by atoms with Crippen LogP contribution < -0.4 is 5.32 Å². The third-order valence-electron chi connectivity index (χ3n) is 3.34. The second kappa shape index (κ2) is 5.98. The van der Waals surface area contributed by atoms with E-state index in [2.05, 4.69) is 5.32 Å². The highest BCUT2D eigenvalue weighted by Crippen LogP contribution is 2.23. The molecular weight excluding hydrogens is 262 g/mol. The zero-order chi connectivity index (χ0) is 14.7. The van der Waals surface area contributed by atoms with Crippen LogP contribution in [0.15, 0.2) is 18.2 Å². The Kier molecular flexibility index (Phi) is 4.31. The number of nitro benzene ring substituents is 1. The van der Waals surface area contributed by atoms with E-state index < -0.39 is 11.0 Å². The molecule has 20 heavy (non-hydrogen) atoms. The van der Waals surface area contributed by atoms with Gasteiger partial charge in [0.15, 0.2) is 0 Å². The zero-order valence-electron chi connectivity index (χ0n) is 11.2. The summed E-state index contributed by atoms with van der Waals surface area (Å²) in [7, 11) is 1.72. The van der Waals surface area contributed by atoms with Crippen LogP contribution in [0, 0.1) is 10.1 Å². The van der Waals surface area contributed by atoms with Crippen molar-refractivity contribution >= 4 is 11.6 Å². The van der Waals surface area contributed by atoms with E-state index in [1.165, 1.54) is 17.0 Å². The summed E-state index contributed by atoms with van der Waals surface area (Å²) in [5, 5.41) is 23.4. The number of carbonyl (C=O) groups is 1. The van der Waals surface area contributed by atoms with Crippen molar-refractivity contribution in [3.63, 3.8) is 0 Å². The molecular formula is C13H17N3O4. The fourth-order valence-corrected chi connectivity index (χ4v) is 2.35. The van der Waals surface area contributed by atoms with E-state index >= 15 is 0 Å². The number of rotatable bonds is 5. The predicted octanol–water partition coefficient (Wildman–Crippen LogP) is 0.173. The predicted molar refractivity (Wildman–Crippen MR) is 72.6 cm³/mol. The van der Waals surface area contributed by atoms with Crippen molar-refractivity contribution in [3.8, 4) is 0 Å². The van der Waals surface area contributed by atoms with Crippen LogP contribution in [0.4, 0.5) is 5.69 Å². The molecule has 0 aliphatic carbocycles. The summed E-state index contributed by atoms with van der Waals surface area (Å²) in [6.45, 7) is 1.14. The summed E-state index contributed by atoms with van der Waals surface area (Å²) in [5.74, 6) is -0.259. The van der Waals surface area contributed by atoms with E-state index in [1.807, 2.05) is 0 Å². The van der Waals surface area contributed by atoms with Crippen LogP contribution in [0.3, 0.4) is 0 Å². The molecule has 1 aliphatic heterocycles. The average molecular weight is 279 g/mol. The molecule has 0 spiro atoms. The molecule has 1 atom stereocenters. The van der Waals surface area contributed by atoms with Gasteiger partial charge in [-0.2, -0.15) is 0 Å². The average Bonchev–Trinajstić information content (AvgIpc) is 2.42. The van der Waals surface area contributed by atoms with E-state index in [4.69, 9.17) is 0 Å². The Balaban J connectivity index is 2.19. The fourth-order valence-electron chi connectivity index (χ4n) is 2.35. The zero-order valence-corrected chi connectivity index (χ0v) is 11.2. The normalized spacial score (nSPS) is 15.9. The number of nitrogens with one attached hydrogen (secondary N) is 1. The molecule has 0 radical (unpaired) electrons. The minimum absolute atomic E-state index is 0.0882. The minimum atomic E-state index is -0.649. The summed E-state index contributed by atoms with van der Waals surface area (Å²) >= 11 is 0. The van der Waals surface area contributed by atoms with Crippen molar-refractivity contribution in [3.05, 3.63) is 39.4 Å². The Morgan fingerprint density at radius 1 is 1.55 bits per heavy atom. The Hall–Kier alpha value is -1.99. The van der Waals surface area contributed by atoms with Gasteiger partial charge in [0.25, 0.3) is 11.6 Å². The second-order valence-electron chi connectivity index (χ2n) is 4.81. The molecule has 7 heteroatoms. The number of aliphatic hydroxyl groups is 1. The van der Waals surface area contributed by atoms with E-state index in [-0.39, 0.29) is 18.1 Å². The SMILES string of the molecule is CNCC(O)CN1CCc2ccc([N+](=O)[O-])cc2C1=O. The maximum absolute atomic E-state index is 12.3. The first-order valence-corrected chi connectivity index (χ1v) is 6.42. The lowest BCUT2D eigenvalue weighted by atomic mass is 9.98. The van der Waals surface area contributed by atoms with Crippen LogP contribution in [0.1, 0.15) is 15.9 Å². The third-order valence-corrected chi connectivity index (χ3v) is 3.34.